The third kappa shape index (κ3) is 44.9. The molecule has 0 rings (SSSR count). The Hall–Kier alpha value is 4.01. The Morgan fingerprint density at radius 2 is 0.789 bits per heavy atom. The van der Waals surface area contributed by atoms with Gasteiger partial charge >= 0.3 is 130 Å². The Morgan fingerprint density at radius 3 is 0.789 bits per heavy atom. The van der Waals surface area contributed by atoms with Gasteiger partial charge in [-0.2, -0.15) is 0 Å². The minimum atomic E-state index is -5.57. The molecule has 19 heavy (non-hydrogen) atoms. The molecule has 2 unspecified atom stereocenters. The first-order chi connectivity index (χ1) is 6.83. The van der Waals surface area contributed by atoms with Crippen LogP contribution < -0.4 is 38.6 Å². The van der Waals surface area contributed by atoms with Crippen LogP contribution in [-0.4, -0.2) is 131 Å². The van der Waals surface area contributed by atoms with Crippen LogP contribution in [0.25, 0.3) is 0 Å². The minimum absolute atomic E-state index is 0. The van der Waals surface area contributed by atoms with Crippen LogP contribution in [0.1, 0.15) is 0 Å². The van der Waals surface area contributed by atoms with Crippen LogP contribution in [0.4, 0.5) is 0 Å². The predicted molar refractivity (Wildman–Crippen MR) is 46.2 cm³/mol. The second-order valence-corrected chi connectivity index (χ2v) is 5.98. The van der Waals surface area contributed by atoms with Crippen LogP contribution in [0.2, 0.25) is 0 Å². The first kappa shape index (κ1) is 34.4. The molecule has 0 aromatic heterocycles. The molecular weight excluding hydrogens is 430 g/mol. The molecule has 0 spiro atoms. The maximum atomic E-state index is 9.34. The van der Waals surface area contributed by atoms with E-state index < -0.39 is 34.6 Å². The smallest absolute Gasteiger partial charge is 0.857 e. The molecule has 0 aliphatic rings. The Kier molecular flexibility index (Phi) is 30.5. The fraction of sp³-hybridized carbons (Fsp3) is 0. The zero-order valence-electron chi connectivity index (χ0n) is 8.91. The number of rotatable bonds is 4. The molecule has 0 saturated heterocycles. The van der Waals surface area contributed by atoms with Crippen molar-refractivity contribution in [3.05, 3.63) is 0 Å². The summed E-state index contributed by atoms with van der Waals surface area (Å²) < 4.78 is 24.3. The third-order valence-electron chi connectivity index (χ3n) is 0.373. The van der Waals surface area contributed by atoms with Crippen molar-refractivity contribution in [1.29, 1.82) is 0 Å². The van der Waals surface area contributed by atoms with Crippen molar-refractivity contribution < 1.29 is 56.1 Å². The summed E-state index contributed by atoms with van der Waals surface area (Å²) in [5, 5.41) is 0. The van der Waals surface area contributed by atoms with Gasteiger partial charge in [-0.25, -0.2) is 0 Å². The zero-order valence-corrected chi connectivity index (χ0v) is 19.3. The zero-order chi connectivity index (χ0) is 13.6. The predicted octanol–water partition coefficient (Wildman–Crippen LogP) is -10.1. The summed E-state index contributed by atoms with van der Waals surface area (Å²) in [6.07, 6.45) is 0. The molecule has 0 radical (unpaired) electrons. The van der Waals surface area contributed by atoms with E-state index in [9.17, 15) is 47.7 Å². The van der Waals surface area contributed by atoms with Gasteiger partial charge in [-0.05, 0) is 27.2 Å². The summed E-state index contributed by atoms with van der Waals surface area (Å²) in [6.45, 7) is 0. The minimum Gasteiger partial charge on any atom is -0.857 e. The fourth-order valence-corrected chi connectivity index (χ4v) is 1.64. The molecule has 0 aromatic rings. The average Bonchev–Trinajstić information content (AvgIpc) is 1.72. The van der Waals surface area contributed by atoms with E-state index in [1.165, 1.54) is 0 Å². The molecule has 0 amide bonds. The number of hydrogen-bond acceptors (Lipinski definition) is 12. The largest absolute Gasteiger partial charge is 2.00 e. The maximum Gasteiger partial charge on any atom is 2.00 e. The van der Waals surface area contributed by atoms with Crippen molar-refractivity contribution in [1.82, 2.24) is 0 Å². The summed E-state index contributed by atoms with van der Waals surface area (Å²) >= 11 is 0. The van der Waals surface area contributed by atoms with Crippen molar-refractivity contribution in [2.24, 2.45) is 0 Å². The van der Waals surface area contributed by atoms with Crippen LogP contribution in [-0.2, 0) is 17.6 Å². The van der Waals surface area contributed by atoms with Crippen LogP contribution in [0.5, 0.6) is 0 Å². The first-order valence-corrected chi connectivity index (χ1v) is 8.19. The molecule has 19 heteroatoms. The Morgan fingerprint density at radius 1 is 0.632 bits per heavy atom. The molecule has 0 fully saturated rings. The molecule has 0 N–H and O–H groups in total. The molecular formula is Ca3O12P2Si2. The van der Waals surface area contributed by atoms with Crippen molar-refractivity contribution in [2.45, 2.75) is 0 Å². The molecule has 96 valence electrons. The van der Waals surface area contributed by atoms with Crippen molar-refractivity contribution in [3.8, 4) is 0 Å². The van der Waals surface area contributed by atoms with E-state index in [4.69, 9.17) is 0 Å². The molecule has 2 atom stereocenters. The van der Waals surface area contributed by atoms with Crippen LogP contribution in [0, 0.1) is 0 Å². The van der Waals surface area contributed by atoms with Gasteiger partial charge in [-0.3, -0.25) is 8.43 Å². The van der Waals surface area contributed by atoms with Gasteiger partial charge in [0.1, 0.15) is 0 Å². The van der Waals surface area contributed by atoms with Crippen molar-refractivity contribution >= 4 is 148 Å². The molecule has 0 bridgehead atoms. The Bertz CT molecular complexity index is 220. The Labute approximate surface area is 200 Å². The van der Waals surface area contributed by atoms with Crippen molar-refractivity contribution in [2.75, 3.05) is 0 Å². The fourth-order valence-electron chi connectivity index (χ4n) is 0.183. The van der Waals surface area contributed by atoms with E-state index in [0.29, 0.717) is 0 Å². The normalized spacial score (nSPS) is 11.6. The van der Waals surface area contributed by atoms with E-state index in [2.05, 4.69) is 8.43 Å². The van der Waals surface area contributed by atoms with E-state index in [0.717, 1.165) is 0 Å². The van der Waals surface area contributed by atoms with E-state index in [1.54, 1.807) is 0 Å². The standard InChI is InChI=1S/3Ca.2O6PSi/c;;;2*1-7(2)6-8(3,4)5/q3*+2;2*-3. The summed E-state index contributed by atoms with van der Waals surface area (Å²) in [7, 11) is -18.3. The molecule has 0 aliphatic heterocycles. The summed E-state index contributed by atoms with van der Waals surface area (Å²) in [4.78, 5) is 74.5. The second-order valence-electron chi connectivity index (χ2n) is 1.63. The van der Waals surface area contributed by atoms with Crippen molar-refractivity contribution in [3.63, 3.8) is 0 Å². The Balaban J connectivity index is -0.0000000594. The molecule has 0 aromatic carbocycles. The van der Waals surface area contributed by atoms with Gasteiger partial charge in [0.05, 0.1) is 0 Å². The summed E-state index contributed by atoms with van der Waals surface area (Å²) in [5.74, 6) is 0. The van der Waals surface area contributed by atoms with Crippen LogP contribution in [0.3, 0.4) is 0 Å². The molecule has 12 nitrogen and oxygen atoms in total. The average molecular weight is 430 g/mol. The molecule has 0 heterocycles. The SMILES string of the molecule is O=[P+]([O-])O[Si]([O-])([O-])[O-].O=[P+]([O-])O[Si]([O-])([O-])[O-].[Ca+2].[Ca+2].[Ca+2]. The summed E-state index contributed by atoms with van der Waals surface area (Å²) in [5.41, 5.74) is 0. The van der Waals surface area contributed by atoms with Gasteiger partial charge in [0.25, 0.3) is 0 Å². The maximum absolute atomic E-state index is 9.34. The quantitative estimate of drug-likeness (QED) is 0.298. The monoisotopic (exact) mass is 430 g/mol. The van der Waals surface area contributed by atoms with Gasteiger partial charge in [0.15, 0.2) is 0 Å². The van der Waals surface area contributed by atoms with Gasteiger partial charge in [0, 0.05) is 0 Å². The van der Waals surface area contributed by atoms with E-state index in [-0.39, 0.29) is 113 Å². The van der Waals surface area contributed by atoms with Gasteiger partial charge in [-0.15, -0.1) is 0 Å². The topological polar surface area (TPSA) is 237 Å². The third-order valence-corrected chi connectivity index (χ3v) is 3.35. The number of hydrogen-bond donors (Lipinski definition) is 0. The van der Waals surface area contributed by atoms with Gasteiger partial charge in [0.2, 0.25) is 0 Å². The summed E-state index contributed by atoms with van der Waals surface area (Å²) in [6, 6.07) is 0. The second kappa shape index (κ2) is 16.9. The van der Waals surface area contributed by atoms with Crippen LogP contribution >= 0.6 is 16.5 Å². The van der Waals surface area contributed by atoms with Gasteiger partial charge < -0.3 is 38.6 Å². The van der Waals surface area contributed by atoms with Gasteiger partial charge in [-0.1, -0.05) is 0 Å². The van der Waals surface area contributed by atoms with E-state index in [1.807, 2.05) is 0 Å². The van der Waals surface area contributed by atoms with Crippen LogP contribution in [0.15, 0.2) is 0 Å². The van der Waals surface area contributed by atoms with E-state index >= 15 is 0 Å². The molecule has 0 aliphatic carbocycles. The first-order valence-electron chi connectivity index (χ1n) is 2.73. The molecule has 0 saturated carbocycles.